The number of thiophene rings is 2. The van der Waals surface area contributed by atoms with Crippen LogP contribution >= 0.6 is 22.7 Å². The molecule has 2 amide bonds. The summed E-state index contributed by atoms with van der Waals surface area (Å²) >= 11 is 2.76. The van der Waals surface area contributed by atoms with Crippen LogP contribution in [0, 0.1) is 6.92 Å². The molecule has 60 heavy (non-hydrogen) atoms. The third-order valence-electron chi connectivity index (χ3n) is 8.99. The van der Waals surface area contributed by atoms with Gasteiger partial charge in [0.25, 0.3) is 11.8 Å². The number of anilines is 1. The van der Waals surface area contributed by atoms with Crippen LogP contribution in [0.3, 0.4) is 0 Å². The molecule has 8 aromatic rings. The van der Waals surface area contributed by atoms with E-state index in [0.717, 1.165) is 37.0 Å². The van der Waals surface area contributed by atoms with Gasteiger partial charge in [-0.15, -0.1) is 22.7 Å². The summed E-state index contributed by atoms with van der Waals surface area (Å²) < 4.78 is 52.9. The average molecular weight is 877 g/mol. The van der Waals surface area contributed by atoms with Gasteiger partial charge in [0.2, 0.25) is 25.6 Å². The van der Waals surface area contributed by atoms with Crippen LogP contribution in [0.5, 0.6) is 0 Å². The third-order valence-corrected chi connectivity index (χ3v) is 14.6. The second kappa shape index (κ2) is 17.8. The summed E-state index contributed by atoms with van der Waals surface area (Å²) in [6.07, 6.45) is 10.8. The Hall–Kier alpha value is -6.47. The van der Waals surface area contributed by atoms with Crippen molar-refractivity contribution in [2.75, 3.05) is 19.0 Å². The number of carbonyl (C=O) groups is 2. The van der Waals surface area contributed by atoms with Gasteiger partial charge in [-0.05, 0) is 89.5 Å². The zero-order valence-corrected chi connectivity index (χ0v) is 35.6. The summed E-state index contributed by atoms with van der Waals surface area (Å²) in [5, 5.41) is 7.68. The van der Waals surface area contributed by atoms with Gasteiger partial charge in [0.1, 0.15) is 4.90 Å². The highest BCUT2D eigenvalue weighted by atomic mass is 32.2. The van der Waals surface area contributed by atoms with Gasteiger partial charge in [0.05, 0.1) is 46.2 Å². The van der Waals surface area contributed by atoms with Crippen molar-refractivity contribution >= 4 is 80.3 Å². The number of hydrogen-bond donors (Lipinski definition) is 2. The second-order valence-corrected chi connectivity index (χ2v) is 19.5. The number of sulfone groups is 2. The number of carbonyl (C=O) groups excluding carboxylic acids is 2. The monoisotopic (exact) mass is 876 g/mol. The molecule has 0 saturated heterocycles. The molecular formula is C42H36N8O6S4. The van der Waals surface area contributed by atoms with Crippen molar-refractivity contribution in [1.82, 2.24) is 35.6 Å². The number of nitrogens with one attached hydrogen (secondary N) is 2. The number of nitrogens with zero attached hydrogens (tertiary/aromatic N) is 6. The zero-order valence-electron chi connectivity index (χ0n) is 32.3. The molecule has 0 aliphatic carbocycles. The van der Waals surface area contributed by atoms with E-state index in [1.807, 2.05) is 24.3 Å². The molecule has 6 heterocycles. The van der Waals surface area contributed by atoms with Crippen LogP contribution in [0.25, 0.3) is 20.2 Å². The van der Waals surface area contributed by atoms with Crippen molar-refractivity contribution in [3.05, 3.63) is 155 Å². The first-order valence-corrected chi connectivity index (χ1v) is 22.7. The summed E-state index contributed by atoms with van der Waals surface area (Å²) in [7, 11) is -3.78. The molecule has 0 aliphatic rings. The van der Waals surface area contributed by atoms with Crippen LogP contribution in [-0.2, 0) is 32.8 Å². The number of aryl methyl sites for hydroxylation is 1. The standard InChI is InChI=1S/C21H19N5O3S2.C21H17N3O3S2/c1-26(2)21-24-11-17(12-25-21)31(28,29)16-5-3-14(4-6-16)10-23-20(27)18-9-15-7-8-22-13-19(15)30-18;1-14-2-5-18(12-23-14)29(26,27)17-6-3-15(4-7-17)11-24-21(25)19-10-16-8-9-22-13-20(16)28-19/h3-9,11-13H,10H2,1-2H3,(H,23,27);2-10,12-13H,11H2,1H3,(H,24,25). The predicted molar refractivity (Wildman–Crippen MR) is 231 cm³/mol. The molecule has 0 radical (unpaired) electrons. The van der Waals surface area contributed by atoms with Crippen molar-refractivity contribution in [1.29, 1.82) is 0 Å². The SMILES string of the molecule is CN(C)c1ncc(S(=O)(=O)c2ccc(CNC(=O)c3cc4ccncc4s3)cc2)cn1.Cc1ccc(S(=O)(=O)c2ccc(CNC(=O)c3cc4ccncc4s3)cc2)cn1. The summed E-state index contributed by atoms with van der Waals surface area (Å²) in [6, 6.07) is 23.5. The van der Waals surface area contributed by atoms with Crippen LogP contribution in [0.15, 0.2) is 148 Å². The van der Waals surface area contributed by atoms with E-state index in [4.69, 9.17) is 0 Å². The molecule has 0 atom stereocenters. The number of rotatable bonds is 11. The number of aromatic nitrogens is 5. The van der Waals surface area contributed by atoms with E-state index < -0.39 is 19.7 Å². The molecule has 0 aliphatic heterocycles. The minimum Gasteiger partial charge on any atom is -0.347 e. The van der Waals surface area contributed by atoms with Gasteiger partial charge < -0.3 is 15.5 Å². The second-order valence-electron chi connectivity index (χ2n) is 13.5. The fourth-order valence-corrected chi connectivity index (χ4v) is 9.92. The maximum Gasteiger partial charge on any atom is 0.261 e. The molecule has 2 N–H and O–H groups in total. The van der Waals surface area contributed by atoms with Gasteiger partial charge in [-0.3, -0.25) is 24.5 Å². The minimum absolute atomic E-state index is 0.0263. The molecule has 6 aromatic heterocycles. The molecule has 18 heteroatoms. The van der Waals surface area contributed by atoms with E-state index in [2.05, 4.69) is 35.6 Å². The first-order valence-electron chi connectivity index (χ1n) is 18.1. The molecule has 0 bridgehead atoms. The maximum absolute atomic E-state index is 12.8. The van der Waals surface area contributed by atoms with Crippen LogP contribution in [0.1, 0.15) is 36.2 Å². The quantitative estimate of drug-likeness (QED) is 0.140. The predicted octanol–water partition coefficient (Wildman–Crippen LogP) is 6.68. The van der Waals surface area contributed by atoms with Crippen molar-refractivity contribution in [3.63, 3.8) is 0 Å². The van der Waals surface area contributed by atoms with E-state index in [9.17, 15) is 26.4 Å². The molecule has 0 saturated carbocycles. The summed E-state index contributed by atoms with van der Waals surface area (Å²) in [5.41, 5.74) is 2.35. The van der Waals surface area contributed by atoms with Crippen LogP contribution in [-0.4, -0.2) is 67.7 Å². The van der Waals surface area contributed by atoms with E-state index in [1.54, 1.807) is 99.2 Å². The Morgan fingerprint density at radius 1 is 0.567 bits per heavy atom. The first kappa shape index (κ1) is 41.7. The largest absolute Gasteiger partial charge is 0.347 e. The Balaban J connectivity index is 0.000000182. The summed E-state index contributed by atoms with van der Waals surface area (Å²) in [6.45, 7) is 2.39. The molecule has 0 fully saturated rings. The van der Waals surface area contributed by atoms with E-state index in [1.165, 1.54) is 53.4 Å². The normalized spacial score (nSPS) is 11.4. The smallest absolute Gasteiger partial charge is 0.261 e. The van der Waals surface area contributed by atoms with E-state index in [0.29, 0.717) is 22.2 Å². The van der Waals surface area contributed by atoms with Gasteiger partial charge in [-0.2, -0.15) is 0 Å². The number of fused-ring (bicyclic) bond motifs is 2. The molecule has 2 aromatic carbocycles. The van der Waals surface area contributed by atoms with Gasteiger partial charge in [-0.25, -0.2) is 26.8 Å². The van der Waals surface area contributed by atoms with Crippen molar-refractivity contribution < 1.29 is 26.4 Å². The van der Waals surface area contributed by atoms with Gasteiger partial charge in [-0.1, -0.05) is 24.3 Å². The highest BCUT2D eigenvalue weighted by molar-refractivity contribution is 7.91. The summed E-state index contributed by atoms with van der Waals surface area (Å²) in [4.78, 5) is 48.6. The van der Waals surface area contributed by atoms with Crippen LogP contribution in [0.2, 0.25) is 0 Å². The molecule has 14 nitrogen and oxygen atoms in total. The lowest BCUT2D eigenvalue weighted by atomic mass is 10.2. The van der Waals surface area contributed by atoms with Crippen LogP contribution < -0.4 is 15.5 Å². The molecule has 304 valence electrons. The molecule has 0 spiro atoms. The first-order chi connectivity index (χ1) is 28.8. The van der Waals surface area contributed by atoms with Gasteiger partial charge >= 0.3 is 0 Å². The van der Waals surface area contributed by atoms with Gasteiger partial charge in [0.15, 0.2) is 0 Å². The van der Waals surface area contributed by atoms with Crippen LogP contribution in [0.4, 0.5) is 5.95 Å². The molecule has 0 unspecified atom stereocenters. The fraction of sp³-hybridized carbons (Fsp3) is 0.119. The number of benzene rings is 2. The van der Waals surface area contributed by atoms with E-state index in [-0.39, 0.29) is 37.9 Å². The number of pyridine rings is 3. The van der Waals surface area contributed by atoms with Crippen molar-refractivity contribution in [2.24, 2.45) is 0 Å². The zero-order chi connectivity index (χ0) is 42.4. The Bertz CT molecular complexity index is 2960. The topological polar surface area (TPSA) is 194 Å². The highest BCUT2D eigenvalue weighted by Crippen LogP contribution is 2.26. The Kier molecular flexibility index (Phi) is 12.4. The lowest BCUT2D eigenvalue weighted by Crippen LogP contribution is -2.21. The van der Waals surface area contributed by atoms with Gasteiger partial charge in [0, 0.05) is 63.9 Å². The lowest BCUT2D eigenvalue weighted by Gasteiger charge is -2.10. The van der Waals surface area contributed by atoms with Crippen molar-refractivity contribution in [2.45, 2.75) is 39.6 Å². The van der Waals surface area contributed by atoms with Crippen molar-refractivity contribution in [3.8, 4) is 0 Å². The Labute approximate surface area is 353 Å². The highest BCUT2D eigenvalue weighted by Gasteiger charge is 2.20. The number of amides is 2. The molecular weight excluding hydrogens is 841 g/mol. The fourth-order valence-electron chi connectivity index (χ4n) is 5.67. The summed E-state index contributed by atoms with van der Waals surface area (Å²) in [5.74, 6) is 0.0737. The number of hydrogen-bond acceptors (Lipinski definition) is 14. The Morgan fingerprint density at radius 3 is 1.42 bits per heavy atom. The Morgan fingerprint density at radius 2 is 1.00 bits per heavy atom. The third kappa shape index (κ3) is 9.52. The lowest BCUT2D eigenvalue weighted by molar-refractivity contribution is 0.0947. The average Bonchev–Trinajstić information content (AvgIpc) is 3.91. The minimum atomic E-state index is -3.72. The maximum atomic E-state index is 12.8. The van der Waals surface area contributed by atoms with E-state index >= 15 is 0 Å². The molecule has 8 rings (SSSR count).